The maximum absolute atomic E-state index is 9.12. The van der Waals surface area contributed by atoms with E-state index in [0.29, 0.717) is 23.8 Å². The Morgan fingerprint density at radius 1 is 1.44 bits per heavy atom. The molecule has 0 spiro atoms. The number of rotatable bonds is 3. The quantitative estimate of drug-likeness (QED) is 0.778. The zero-order chi connectivity index (χ0) is 12.5. The topological polar surface area (TPSA) is 89.9 Å². The van der Waals surface area contributed by atoms with Gasteiger partial charge in [-0.05, 0) is 12.8 Å². The molecule has 2 aromatic heterocycles. The van der Waals surface area contributed by atoms with E-state index in [1.54, 1.807) is 6.33 Å². The van der Waals surface area contributed by atoms with Crippen molar-refractivity contribution in [3.63, 3.8) is 0 Å². The van der Waals surface area contributed by atoms with E-state index in [-0.39, 0.29) is 6.61 Å². The van der Waals surface area contributed by atoms with Gasteiger partial charge in [0.25, 0.3) is 0 Å². The van der Waals surface area contributed by atoms with E-state index >= 15 is 0 Å². The number of imidazole rings is 1. The predicted molar refractivity (Wildman–Crippen MR) is 67.6 cm³/mol. The summed E-state index contributed by atoms with van der Waals surface area (Å²) in [6.07, 6.45) is 7.48. The Morgan fingerprint density at radius 2 is 2.33 bits per heavy atom. The van der Waals surface area contributed by atoms with Gasteiger partial charge in [-0.25, -0.2) is 15.0 Å². The number of allylic oxidation sites excluding steroid dienone is 1. The van der Waals surface area contributed by atoms with Gasteiger partial charge in [-0.1, -0.05) is 11.6 Å². The molecule has 2 heterocycles. The summed E-state index contributed by atoms with van der Waals surface area (Å²) in [7, 11) is 0. The third-order valence-electron chi connectivity index (χ3n) is 3.51. The molecule has 3 N–H and O–H groups in total. The SMILES string of the molecule is Nc1ncnc2c1ncn2C/C=C1\CCC1CO. The molecular weight excluding hydrogens is 230 g/mol. The van der Waals surface area contributed by atoms with Crippen molar-refractivity contribution in [2.24, 2.45) is 5.92 Å². The van der Waals surface area contributed by atoms with Crippen LogP contribution >= 0.6 is 0 Å². The van der Waals surface area contributed by atoms with Gasteiger partial charge in [-0.3, -0.25) is 0 Å². The summed E-state index contributed by atoms with van der Waals surface area (Å²) >= 11 is 0. The Bertz CT molecular complexity index is 602. The number of nitrogen functional groups attached to an aromatic ring is 1. The lowest BCUT2D eigenvalue weighted by Gasteiger charge is -2.28. The molecule has 0 radical (unpaired) electrons. The second-order valence-corrected chi connectivity index (χ2v) is 4.53. The monoisotopic (exact) mass is 245 g/mol. The lowest BCUT2D eigenvalue weighted by Crippen LogP contribution is -2.19. The Balaban J connectivity index is 1.85. The maximum atomic E-state index is 9.12. The molecule has 1 unspecified atom stereocenters. The van der Waals surface area contributed by atoms with E-state index in [1.807, 2.05) is 4.57 Å². The van der Waals surface area contributed by atoms with Crippen molar-refractivity contribution in [3.8, 4) is 0 Å². The summed E-state index contributed by atoms with van der Waals surface area (Å²) in [6, 6.07) is 0. The van der Waals surface area contributed by atoms with Crippen LogP contribution in [0.2, 0.25) is 0 Å². The van der Waals surface area contributed by atoms with Crippen molar-refractivity contribution in [1.82, 2.24) is 19.5 Å². The van der Waals surface area contributed by atoms with Crippen molar-refractivity contribution in [2.45, 2.75) is 19.4 Å². The molecule has 6 heteroatoms. The van der Waals surface area contributed by atoms with Gasteiger partial charge in [0.05, 0.1) is 6.33 Å². The van der Waals surface area contributed by atoms with Crippen LogP contribution in [0.15, 0.2) is 24.3 Å². The molecular formula is C12H15N5O. The van der Waals surface area contributed by atoms with Crippen molar-refractivity contribution >= 4 is 17.0 Å². The van der Waals surface area contributed by atoms with Crippen LogP contribution in [-0.2, 0) is 6.54 Å². The molecule has 1 saturated carbocycles. The van der Waals surface area contributed by atoms with Crippen molar-refractivity contribution < 1.29 is 5.11 Å². The Morgan fingerprint density at radius 3 is 3.06 bits per heavy atom. The van der Waals surface area contributed by atoms with E-state index < -0.39 is 0 Å². The first kappa shape index (κ1) is 11.2. The highest BCUT2D eigenvalue weighted by Gasteiger charge is 2.22. The zero-order valence-electron chi connectivity index (χ0n) is 9.95. The second-order valence-electron chi connectivity index (χ2n) is 4.53. The smallest absolute Gasteiger partial charge is 0.165 e. The molecule has 1 aliphatic rings. The fourth-order valence-electron chi connectivity index (χ4n) is 2.24. The van der Waals surface area contributed by atoms with Crippen LogP contribution in [0.1, 0.15) is 12.8 Å². The number of hydrogen-bond acceptors (Lipinski definition) is 5. The van der Waals surface area contributed by atoms with Crippen LogP contribution in [0.5, 0.6) is 0 Å². The number of hydrogen-bond donors (Lipinski definition) is 2. The van der Waals surface area contributed by atoms with Crippen LogP contribution in [0.4, 0.5) is 5.82 Å². The van der Waals surface area contributed by atoms with E-state index in [2.05, 4.69) is 21.0 Å². The number of aliphatic hydroxyl groups excluding tert-OH is 1. The van der Waals surface area contributed by atoms with Gasteiger partial charge in [0.1, 0.15) is 11.8 Å². The minimum atomic E-state index is 0.242. The molecule has 1 aliphatic carbocycles. The summed E-state index contributed by atoms with van der Waals surface area (Å²) in [6.45, 7) is 0.949. The van der Waals surface area contributed by atoms with E-state index in [1.165, 1.54) is 11.9 Å². The van der Waals surface area contributed by atoms with Gasteiger partial charge in [0, 0.05) is 19.1 Å². The normalized spacial score (nSPS) is 21.4. The van der Waals surface area contributed by atoms with Crippen LogP contribution in [0, 0.1) is 5.92 Å². The highest BCUT2D eigenvalue weighted by atomic mass is 16.3. The molecule has 0 aromatic carbocycles. The summed E-state index contributed by atoms with van der Waals surface area (Å²) in [5.41, 5.74) is 8.44. The fraction of sp³-hybridized carbons (Fsp3) is 0.417. The molecule has 3 rings (SSSR count). The second kappa shape index (κ2) is 4.38. The number of nitrogens with two attached hydrogens (primary N) is 1. The first-order valence-electron chi connectivity index (χ1n) is 6.00. The molecule has 0 saturated heterocycles. The minimum absolute atomic E-state index is 0.242. The molecule has 0 amide bonds. The molecule has 94 valence electrons. The van der Waals surface area contributed by atoms with E-state index in [0.717, 1.165) is 18.5 Å². The van der Waals surface area contributed by atoms with E-state index in [4.69, 9.17) is 10.8 Å². The van der Waals surface area contributed by atoms with Gasteiger partial charge in [0.15, 0.2) is 11.5 Å². The molecule has 1 atom stereocenters. The van der Waals surface area contributed by atoms with Gasteiger partial charge in [0.2, 0.25) is 0 Å². The summed E-state index contributed by atoms with van der Waals surface area (Å²) < 4.78 is 1.94. The lowest BCUT2D eigenvalue weighted by atomic mass is 9.80. The van der Waals surface area contributed by atoms with Crippen molar-refractivity contribution in [2.75, 3.05) is 12.3 Å². The van der Waals surface area contributed by atoms with Crippen LogP contribution < -0.4 is 5.73 Å². The number of nitrogens with zero attached hydrogens (tertiary/aromatic N) is 4. The molecule has 2 aromatic rings. The molecule has 1 fully saturated rings. The fourth-order valence-corrected chi connectivity index (χ4v) is 2.24. The number of fused-ring (bicyclic) bond motifs is 1. The summed E-state index contributed by atoms with van der Waals surface area (Å²) in [4.78, 5) is 12.3. The van der Waals surface area contributed by atoms with Crippen LogP contribution in [0.3, 0.4) is 0 Å². The van der Waals surface area contributed by atoms with Crippen molar-refractivity contribution in [1.29, 1.82) is 0 Å². The molecule has 6 nitrogen and oxygen atoms in total. The lowest BCUT2D eigenvalue weighted by molar-refractivity contribution is 0.211. The van der Waals surface area contributed by atoms with Gasteiger partial charge in [-0.2, -0.15) is 0 Å². The number of aromatic nitrogens is 4. The maximum Gasteiger partial charge on any atom is 0.165 e. The molecule has 18 heavy (non-hydrogen) atoms. The van der Waals surface area contributed by atoms with E-state index in [9.17, 15) is 0 Å². The Labute approximate surface area is 104 Å². The third-order valence-corrected chi connectivity index (χ3v) is 3.51. The van der Waals surface area contributed by atoms with Gasteiger partial charge >= 0.3 is 0 Å². The van der Waals surface area contributed by atoms with Gasteiger partial charge < -0.3 is 15.4 Å². The summed E-state index contributed by atoms with van der Waals surface area (Å²) in [5.74, 6) is 0.753. The number of aliphatic hydroxyl groups is 1. The largest absolute Gasteiger partial charge is 0.396 e. The Kier molecular flexibility index (Phi) is 2.71. The standard InChI is InChI=1S/C12H15N5O/c13-11-10-12(15-6-14-11)17(7-16-10)4-3-8-1-2-9(8)5-18/h3,6-7,9,18H,1-2,4-5H2,(H2,13,14,15)/b8-3+. The molecule has 0 bridgehead atoms. The predicted octanol–water partition coefficient (Wildman–Crippen LogP) is 0.737. The average Bonchev–Trinajstić information content (AvgIpc) is 2.74. The average molecular weight is 245 g/mol. The first-order valence-corrected chi connectivity index (χ1v) is 6.00. The van der Waals surface area contributed by atoms with Gasteiger partial charge in [-0.15, -0.1) is 0 Å². The molecule has 0 aliphatic heterocycles. The first-order chi connectivity index (χ1) is 8.79. The third kappa shape index (κ3) is 1.74. The van der Waals surface area contributed by atoms with Crippen molar-refractivity contribution in [3.05, 3.63) is 24.3 Å². The Hall–Kier alpha value is -1.95. The summed E-state index contributed by atoms with van der Waals surface area (Å²) in [5, 5.41) is 9.12. The highest BCUT2D eigenvalue weighted by Crippen LogP contribution is 2.32. The highest BCUT2D eigenvalue weighted by molar-refractivity contribution is 5.81. The van der Waals surface area contributed by atoms with Crippen LogP contribution in [-0.4, -0.2) is 31.2 Å². The zero-order valence-corrected chi connectivity index (χ0v) is 9.95. The minimum Gasteiger partial charge on any atom is -0.396 e. The van der Waals surface area contributed by atoms with Crippen LogP contribution in [0.25, 0.3) is 11.2 Å². The number of anilines is 1.